The normalized spacial score (nSPS) is 9.94. The van der Waals surface area contributed by atoms with E-state index in [0.29, 0.717) is 5.56 Å². The molecule has 0 saturated carbocycles. The van der Waals surface area contributed by atoms with Crippen LogP contribution in [-0.4, -0.2) is 16.6 Å². The van der Waals surface area contributed by atoms with Crippen LogP contribution in [0.25, 0.3) is 0 Å². The lowest BCUT2D eigenvalue weighted by atomic mass is 10.1. The van der Waals surface area contributed by atoms with Crippen LogP contribution < -0.4 is 4.90 Å². The number of benzene rings is 1. The molecule has 0 bridgehead atoms. The van der Waals surface area contributed by atoms with E-state index in [4.69, 9.17) is 5.26 Å². The van der Waals surface area contributed by atoms with Crippen molar-refractivity contribution in [1.82, 2.24) is 9.55 Å². The molecular weight excluding hydrogens is 212 g/mol. The van der Waals surface area contributed by atoms with Crippen molar-refractivity contribution in [2.45, 2.75) is 6.54 Å². The Bertz CT molecular complexity index is 551. The summed E-state index contributed by atoms with van der Waals surface area (Å²) in [4.78, 5) is 6.33. The lowest BCUT2D eigenvalue weighted by Crippen LogP contribution is -2.19. The molecule has 0 fully saturated rings. The Balaban J connectivity index is 2.16. The Hall–Kier alpha value is -2.28. The molecular formula is C13H14N4. The average molecular weight is 226 g/mol. The molecule has 0 aliphatic carbocycles. The summed E-state index contributed by atoms with van der Waals surface area (Å²) < 4.78 is 1.97. The first-order valence-electron chi connectivity index (χ1n) is 5.38. The molecule has 0 N–H and O–H groups in total. The number of hydrogen-bond donors (Lipinski definition) is 0. The standard InChI is InChI=1S/C13H14N4/c1-16-7-6-15-13(16)17(2)10-12-5-3-4-11(8-12)9-14/h3-8H,10H2,1-2H3. The van der Waals surface area contributed by atoms with Gasteiger partial charge in [-0.15, -0.1) is 0 Å². The van der Waals surface area contributed by atoms with Crippen molar-refractivity contribution < 1.29 is 0 Å². The van der Waals surface area contributed by atoms with Crippen molar-refractivity contribution in [2.75, 3.05) is 11.9 Å². The van der Waals surface area contributed by atoms with Gasteiger partial charge in [-0.25, -0.2) is 4.98 Å². The molecule has 1 aromatic heterocycles. The number of anilines is 1. The van der Waals surface area contributed by atoms with Gasteiger partial charge in [0.2, 0.25) is 5.95 Å². The fourth-order valence-corrected chi connectivity index (χ4v) is 1.81. The zero-order valence-corrected chi connectivity index (χ0v) is 9.96. The highest BCUT2D eigenvalue weighted by atomic mass is 15.3. The summed E-state index contributed by atoms with van der Waals surface area (Å²) in [5, 5.41) is 8.84. The molecule has 1 heterocycles. The Morgan fingerprint density at radius 1 is 1.47 bits per heavy atom. The van der Waals surface area contributed by atoms with E-state index < -0.39 is 0 Å². The van der Waals surface area contributed by atoms with Crippen molar-refractivity contribution in [2.24, 2.45) is 7.05 Å². The first-order valence-corrected chi connectivity index (χ1v) is 5.38. The number of hydrogen-bond acceptors (Lipinski definition) is 3. The van der Waals surface area contributed by atoms with Gasteiger partial charge in [-0.1, -0.05) is 12.1 Å². The number of aromatic nitrogens is 2. The van der Waals surface area contributed by atoms with Gasteiger partial charge in [-0.05, 0) is 17.7 Å². The quantitative estimate of drug-likeness (QED) is 0.803. The summed E-state index contributed by atoms with van der Waals surface area (Å²) >= 11 is 0. The van der Waals surface area contributed by atoms with Crippen molar-refractivity contribution >= 4 is 5.95 Å². The zero-order valence-electron chi connectivity index (χ0n) is 9.96. The molecule has 2 aromatic rings. The van der Waals surface area contributed by atoms with Gasteiger partial charge in [0, 0.05) is 33.0 Å². The molecule has 86 valence electrons. The van der Waals surface area contributed by atoms with Crippen LogP contribution in [0.5, 0.6) is 0 Å². The van der Waals surface area contributed by atoms with Gasteiger partial charge >= 0.3 is 0 Å². The summed E-state index contributed by atoms with van der Waals surface area (Å²) in [6.07, 6.45) is 3.69. The third kappa shape index (κ3) is 2.45. The Labute approximate surface area is 101 Å². The van der Waals surface area contributed by atoms with Crippen molar-refractivity contribution in [3.8, 4) is 6.07 Å². The van der Waals surface area contributed by atoms with E-state index in [1.165, 1.54) is 0 Å². The Morgan fingerprint density at radius 3 is 2.94 bits per heavy atom. The number of imidazole rings is 1. The molecule has 4 heteroatoms. The summed E-state index contributed by atoms with van der Waals surface area (Å²) in [5.74, 6) is 0.910. The Kier molecular flexibility index (Phi) is 3.10. The molecule has 0 saturated heterocycles. The predicted molar refractivity (Wildman–Crippen MR) is 66.5 cm³/mol. The molecule has 2 rings (SSSR count). The van der Waals surface area contributed by atoms with E-state index in [1.54, 1.807) is 6.20 Å². The highest BCUT2D eigenvalue weighted by Gasteiger charge is 2.06. The van der Waals surface area contributed by atoms with E-state index in [-0.39, 0.29) is 0 Å². The molecule has 0 spiro atoms. The second-order valence-electron chi connectivity index (χ2n) is 4.01. The molecule has 1 aromatic carbocycles. The van der Waals surface area contributed by atoms with Crippen LogP contribution in [0.3, 0.4) is 0 Å². The predicted octanol–water partition coefficient (Wildman–Crippen LogP) is 1.93. The Morgan fingerprint density at radius 2 is 2.29 bits per heavy atom. The SMILES string of the molecule is CN(Cc1cccc(C#N)c1)c1nccn1C. The number of nitriles is 1. The summed E-state index contributed by atoms with van der Waals surface area (Å²) in [5.41, 5.74) is 1.80. The van der Waals surface area contributed by atoms with Gasteiger partial charge in [-0.3, -0.25) is 0 Å². The largest absolute Gasteiger partial charge is 0.341 e. The van der Waals surface area contributed by atoms with Crippen molar-refractivity contribution in [3.63, 3.8) is 0 Å². The molecule has 17 heavy (non-hydrogen) atoms. The van der Waals surface area contributed by atoms with E-state index in [1.807, 2.05) is 49.1 Å². The number of nitrogens with zero attached hydrogens (tertiary/aromatic N) is 4. The second-order valence-corrected chi connectivity index (χ2v) is 4.01. The number of aryl methyl sites for hydroxylation is 1. The lowest BCUT2D eigenvalue weighted by Gasteiger charge is -2.18. The van der Waals surface area contributed by atoms with Crippen LogP contribution in [0.15, 0.2) is 36.7 Å². The number of rotatable bonds is 3. The maximum Gasteiger partial charge on any atom is 0.205 e. The summed E-state index contributed by atoms with van der Waals surface area (Å²) in [7, 11) is 3.95. The third-order valence-electron chi connectivity index (χ3n) is 2.61. The van der Waals surface area contributed by atoms with Gasteiger partial charge in [0.15, 0.2) is 0 Å². The zero-order chi connectivity index (χ0) is 12.3. The van der Waals surface area contributed by atoms with Crippen LogP contribution in [0.2, 0.25) is 0 Å². The van der Waals surface area contributed by atoms with Crippen LogP contribution >= 0.6 is 0 Å². The minimum atomic E-state index is 0.691. The average Bonchev–Trinajstić information content (AvgIpc) is 2.76. The first-order chi connectivity index (χ1) is 8.20. The monoisotopic (exact) mass is 226 g/mol. The fraction of sp³-hybridized carbons (Fsp3) is 0.231. The molecule has 0 amide bonds. The van der Waals surface area contributed by atoms with Crippen molar-refractivity contribution in [3.05, 3.63) is 47.8 Å². The molecule has 0 radical (unpaired) electrons. The van der Waals surface area contributed by atoms with Crippen LogP contribution in [0.1, 0.15) is 11.1 Å². The second kappa shape index (κ2) is 4.71. The van der Waals surface area contributed by atoms with Crippen LogP contribution in [0, 0.1) is 11.3 Å². The van der Waals surface area contributed by atoms with Crippen molar-refractivity contribution in [1.29, 1.82) is 5.26 Å². The summed E-state index contributed by atoms with van der Waals surface area (Å²) in [6.45, 7) is 0.736. The highest BCUT2D eigenvalue weighted by Crippen LogP contribution is 2.12. The fourth-order valence-electron chi connectivity index (χ4n) is 1.81. The smallest absolute Gasteiger partial charge is 0.205 e. The highest BCUT2D eigenvalue weighted by molar-refractivity contribution is 5.36. The van der Waals surface area contributed by atoms with E-state index in [2.05, 4.69) is 16.0 Å². The summed E-state index contributed by atoms with van der Waals surface area (Å²) in [6, 6.07) is 9.78. The van der Waals surface area contributed by atoms with Gasteiger partial charge in [0.25, 0.3) is 0 Å². The van der Waals surface area contributed by atoms with Crippen LogP contribution in [-0.2, 0) is 13.6 Å². The topological polar surface area (TPSA) is 44.9 Å². The van der Waals surface area contributed by atoms with Gasteiger partial charge < -0.3 is 9.47 Å². The van der Waals surface area contributed by atoms with E-state index >= 15 is 0 Å². The minimum Gasteiger partial charge on any atom is -0.341 e. The lowest BCUT2D eigenvalue weighted by molar-refractivity contribution is 0.805. The molecule has 0 aliphatic heterocycles. The third-order valence-corrected chi connectivity index (χ3v) is 2.61. The molecule has 4 nitrogen and oxygen atoms in total. The van der Waals surface area contributed by atoms with Gasteiger partial charge in [-0.2, -0.15) is 5.26 Å². The molecule has 0 aliphatic rings. The first kappa shape index (κ1) is 11.2. The van der Waals surface area contributed by atoms with Crippen LogP contribution in [0.4, 0.5) is 5.95 Å². The molecule has 0 unspecified atom stereocenters. The van der Waals surface area contributed by atoms with Gasteiger partial charge in [0.05, 0.1) is 11.6 Å². The minimum absolute atomic E-state index is 0.691. The maximum atomic E-state index is 8.84. The maximum absolute atomic E-state index is 8.84. The van der Waals surface area contributed by atoms with E-state index in [9.17, 15) is 0 Å². The van der Waals surface area contributed by atoms with E-state index in [0.717, 1.165) is 18.1 Å². The van der Waals surface area contributed by atoms with Gasteiger partial charge in [0.1, 0.15) is 0 Å². The molecule has 0 atom stereocenters.